The summed E-state index contributed by atoms with van der Waals surface area (Å²) in [4.78, 5) is 63.8. The number of nitrogen functional groups attached to an aromatic ring is 1. The molecule has 3 fully saturated rings. The monoisotopic (exact) mass is 1140 g/mol. The number of aliphatic hydroxyl groups is 1. The van der Waals surface area contributed by atoms with Crippen LogP contribution < -0.4 is 25.7 Å². The molecule has 1 amide bonds. The Bertz CT molecular complexity index is 3960. The number of benzene rings is 3. The molecule has 0 spiro atoms. The molecule has 17 nitrogen and oxygen atoms in total. The lowest BCUT2D eigenvalue weighted by molar-refractivity contribution is -0.172. The van der Waals surface area contributed by atoms with Gasteiger partial charge in [-0.3, -0.25) is 14.5 Å². The molecular formula is C59H58ClF3N10O7S. The van der Waals surface area contributed by atoms with Gasteiger partial charge >= 0.3 is 12.0 Å². The number of nitrogens with two attached hydrogens (primary N) is 1. The van der Waals surface area contributed by atoms with Crippen LogP contribution in [0, 0.1) is 23.0 Å². The number of pyridine rings is 2. The smallest absolute Gasteiger partial charge is 0.343 e. The number of hydrogen-bond donors (Lipinski definition) is 2. The Balaban J connectivity index is 0.830. The number of cyclic esters (lactones) is 1. The summed E-state index contributed by atoms with van der Waals surface area (Å²) in [5.74, 6) is -1.69. The van der Waals surface area contributed by atoms with E-state index < -0.39 is 41.0 Å². The van der Waals surface area contributed by atoms with Crippen LogP contribution in [-0.4, -0.2) is 136 Å². The number of carbonyl (C=O) groups is 2. The van der Waals surface area contributed by atoms with Crippen LogP contribution in [0.15, 0.2) is 58.9 Å². The van der Waals surface area contributed by atoms with Gasteiger partial charge in [-0.25, -0.2) is 22.9 Å². The summed E-state index contributed by atoms with van der Waals surface area (Å²) >= 11 is 7.93. The van der Waals surface area contributed by atoms with Gasteiger partial charge in [0.2, 0.25) is 0 Å². The molecule has 3 N–H and O–H groups in total. The molecule has 0 bridgehead atoms. The van der Waals surface area contributed by atoms with Crippen molar-refractivity contribution in [3.05, 3.63) is 109 Å². The van der Waals surface area contributed by atoms with Crippen molar-refractivity contribution in [3.63, 3.8) is 0 Å². The van der Waals surface area contributed by atoms with Crippen LogP contribution in [0.25, 0.3) is 54.4 Å². The lowest BCUT2D eigenvalue weighted by atomic mass is 9.86. The van der Waals surface area contributed by atoms with Crippen molar-refractivity contribution >= 4 is 77.5 Å². The normalized spacial score (nSPS) is 21.7. The Morgan fingerprint density at radius 3 is 2.63 bits per heavy atom. The summed E-state index contributed by atoms with van der Waals surface area (Å²) in [6, 6.07) is 12.8. The van der Waals surface area contributed by atoms with Gasteiger partial charge in [0.25, 0.3) is 11.5 Å². The second-order valence-electron chi connectivity index (χ2n) is 22.0. The molecule has 5 aliphatic rings. The van der Waals surface area contributed by atoms with E-state index >= 15 is 8.78 Å². The van der Waals surface area contributed by atoms with Gasteiger partial charge in [0, 0.05) is 78.0 Å². The fraction of sp³-hybridized carbons (Fsp3) is 0.407. The van der Waals surface area contributed by atoms with Gasteiger partial charge in [0.15, 0.2) is 11.4 Å². The van der Waals surface area contributed by atoms with E-state index in [1.165, 1.54) is 12.1 Å². The van der Waals surface area contributed by atoms with Crippen LogP contribution in [0.2, 0.25) is 5.02 Å². The summed E-state index contributed by atoms with van der Waals surface area (Å²) in [6.07, 6.45) is 3.35. The molecule has 3 saturated heterocycles. The van der Waals surface area contributed by atoms with Crippen LogP contribution in [0.4, 0.5) is 24.0 Å². The number of esters is 1. The first-order valence-electron chi connectivity index (χ1n) is 27.1. The fourth-order valence-corrected chi connectivity index (χ4v) is 14.0. The summed E-state index contributed by atoms with van der Waals surface area (Å²) in [6.45, 7) is 7.86. The van der Waals surface area contributed by atoms with Crippen LogP contribution in [0.3, 0.4) is 0 Å². The van der Waals surface area contributed by atoms with Gasteiger partial charge in [-0.05, 0) is 101 Å². The minimum Gasteiger partial charge on any atom is -0.489 e. The summed E-state index contributed by atoms with van der Waals surface area (Å²) in [5.41, 5.74) is 7.74. The summed E-state index contributed by atoms with van der Waals surface area (Å²) in [5, 5.41) is 22.7. The Hall–Kier alpha value is -7.35. The molecular weight excluding hydrogens is 1090 g/mol. The predicted octanol–water partition coefficient (Wildman–Crippen LogP) is 8.41. The number of amides is 1. The van der Waals surface area contributed by atoms with Crippen molar-refractivity contribution in [1.29, 1.82) is 5.26 Å². The second kappa shape index (κ2) is 20.6. The molecule has 4 aromatic heterocycles. The number of ether oxygens (including phenoxy) is 3. The molecule has 81 heavy (non-hydrogen) atoms. The highest BCUT2D eigenvalue weighted by Gasteiger charge is 2.50. The standard InChI is InChI=1S/C59H58ClF3N10O7S/c1-6-34-36-19-33(9-12-44(36)66-49-39(34)26-73-45(49)21-41-40(55(73)75)28-79-56(76)59(41,77)7-2)78-27-31(13-16-69(4)5)54(74)70-17-18-72(30(3)24-70)53-37-20-42(60)47(35-10-11-43(62)51-46(35)38(23-64)52(65)81-51)48(63)50(37)67-57(68-53)80-29-58-14-8-15-71(58)25-32(61)22-58/h9-13,19-21,30,32,77H,6-8,14-18,22,24-29,65H2,1-5H3/b31-13+/t30-,32+,58-,59-/m0/s1. The minimum absolute atomic E-state index is 0.000499. The molecule has 5 aliphatic heterocycles. The third-order valence-electron chi connectivity index (χ3n) is 17.0. The number of rotatable bonds is 13. The Morgan fingerprint density at radius 1 is 1.06 bits per heavy atom. The van der Waals surface area contributed by atoms with Crippen molar-refractivity contribution in [2.75, 3.05) is 77.2 Å². The fourth-order valence-electron chi connectivity index (χ4n) is 12.8. The quantitative estimate of drug-likeness (QED) is 0.0821. The van der Waals surface area contributed by atoms with Gasteiger partial charge in [0.05, 0.1) is 55.4 Å². The number of nitriles is 1. The number of nitrogens with zero attached hydrogens (tertiary/aromatic N) is 9. The number of aryl methyl sites for hydroxylation is 1. The number of anilines is 2. The highest BCUT2D eigenvalue weighted by atomic mass is 35.5. The zero-order valence-corrected chi connectivity index (χ0v) is 46.9. The number of halogens is 4. The highest BCUT2D eigenvalue weighted by molar-refractivity contribution is 7.23. The first-order valence-corrected chi connectivity index (χ1v) is 28.3. The Morgan fingerprint density at radius 2 is 1.88 bits per heavy atom. The van der Waals surface area contributed by atoms with E-state index in [4.69, 9.17) is 41.5 Å². The number of carbonyl (C=O) groups excluding carboxylic acids is 2. The zero-order chi connectivity index (χ0) is 57.0. The van der Waals surface area contributed by atoms with Crippen molar-refractivity contribution in [1.82, 2.24) is 34.2 Å². The van der Waals surface area contributed by atoms with Crippen molar-refractivity contribution < 1.29 is 42.1 Å². The Kier molecular flexibility index (Phi) is 13.8. The topological polar surface area (TPSA) is 205 Å². The minimum atomic E-state index is -1.95. The van der Waals surface area contributed by atoms with Crippen LogP contribution in [0.1, 0.15) is 74.3 Å². The van der Waals surface area contributed by atoms with E-state index in [-0.39, 0.29) is 135 Å². The number of likely N-dealkylation sites (N-methyl/N-ethyl adjacent to an activating group) is 1. The maximum absolute atomic E-state index is 17.6. The number of aromatic nitrogens is 4. The maximum atomic E-state index is 17.6. The predicted molar refractivity (Wildman–Crippen MR) is 302 cm³/mol. The lowest BCUT2D eigenvalue weighted by Crippen LogP contribution is -2.54. The molecule has 22 heteroatoms. The van der Waals surface area contributed by atoms with E-state index in [0.717, 1.165) is 47.2 Å². The Labute approximate surface area is 472 Å². The number of alkyl halides is 1. The number of piperazine rings is 1. The van der Waals surface area contributed by atoms with Gasteiger partial charge in [-0.2, -0.15) is 15.2 Å². The third kappa shape index (κ3) is 8.92. The first-order chi connectivity index (χ1) is 38.9. The maximum Gasteiger partial charge on any atom is 0.343 e. The lowest BCUT2D eigenvalue weighted by Gasteiger charge is -2.41. The summed E-state index contributed by atoms with van der Waals surface area (Å²) < 4.78 is 67.6. The van der Waals surface area contributed by atoms with Gasteiger partial charge in [0.1, 0.15) is 60.0 Å². The number of thiophene rings is 1. The van der Waals surface area contributed by atoms with Gasteiger partial charge in [-0.15, -0.1) is 11.3 Å². The van der Waals surface area contributed by atoms with E-state index in [9.17, 15) is 29.1 Å². The second-order valence-corrected chi connectivity index (χ2v) is 23.5. The highest BCUT2D eigenvalue weighted by Crippen LogP contribution is 2.47. The third-order valence-corrected chi connectivity index (χ3v) is 18.3. The van der Waals surface area contributed by atoms with Gasteiger partial charge < -0.3 is 44.3 Å². The molecule has 0 radical (unpaired) electrons. The first kappa shape index (κ1) is 54.2. The average molecular weight is 1140 g/mol. The van der Waals surface area contributed by atoms with E-state index in [2.05, 4.69) is 9.88 Å². The molecule has 0 unspecified atom stereocenters. The summed E-state index contributed by atoms with van der Waals surface area (Å²) in [7, 11) is 3.80. The molecule has 12 rings (SSSR count). The SMILES string of the molecule is CCc1c2c(nc3ccc(OC/C(=C\CN(C)C)C(=O)N4CCN(c5nc(OC[C@@]67CCCN6C[C@H](F)C7)nc6c(F)c(-c7ccc(F)c8sc(N)c(C#N)c78)c(Cl)cc56)[C@@H](C)C4)cc13)-c1cc3c(c(=O)n1C2)COC(=O)[C@]3(O)CC. The molecule has 0 aliphatic carbocycles. The largest absolute Gasteiger partial charge is 0.489 e. The van der Waals surface area contributed by atoms with Gasteiger partial charge in [-0.1, -0.05) is 37.6 Å². The molecule has 4 atom stereocenters. The average Bonchev–Trinajstić information content (AvgIpc) is 4.38. The van der Waals surface area contributed by atoms with Crippen LogP contribution in [-0.2, 0) is 39.5 Å². The molecule has 9 heterocycles. The molecule has 0 saturated carbocycles. The van der Waals surface area contributed by atoms with Crippen LogP contribution >= 0.6 is 22.9 Å². The van der Waals surface area contributed by atoms with Crippen LogP contribution in [0.5, 0.6) is 11.8 Å². The molecule has 3 aromatic carbocycles. The number of fused-ring (bicyclic) bond motifs is 8. The van der Waals surface area contributed by atoms with E-state index in [0.29, 0.717) is 53.6 Å². The zero-order valence-electron chi connectivity index (χ0n) is 45.3. The van der Waals surface area contributed by atoms with Crippen molar-refractivity contribution in [2.45, 2.75) is 89.4 Å². The molecule has 420 valence electrons. The van der Waals surface area contributed by atoms with E-state index in [1.54, 1.807) is 34.6 Å². The molecule has 7 aromatic rings. The van der Waals surface area contributed by atoms with E-state index in [1.807, 2.05) is 62.0 Å². The number of hydrogen-bond acceptors (Lipinski definition) is 16. The van der Waals surface area contributed by atoms with Crippen molar-refractivity contribution in [2.24, 2.45) is 0 Å². The van der Waals surface area contributed by atoms with Crippen molar-refractivity contribution in [3.8, 4) is 40.3 Å².